The monoisotopic (exact) mass is 307 g/mol. The molecule has 0 radical (unpaired) electrons. The Labute approximate surface area is 129 Å². The molecule has 2 nitrogen and oxygen atoms in total. The highest BCUT2D eigenvalue weighted by Crippen LogP contribution is 2.23. The van der Waals surface area contributed by atoms with E-state index in [0.717, 1.165) is 27.8 Å². The highest BCUT2D eigenvalue weighted by molar-refractivity contribution is 7.98. The first-order valence-electron chi connectivity index (χ1n) is 6.41. The van der Waals surface area contributed by atoms with Gasteiger partial charge in [-0.15, -0.1) is 0 Å². The molecule has 0 saturated heterocycles. The summed E-state index contributed by atoms with van der Waals surface area (Å²) in [5.41, 5.74) is 8.58. The maximum Gasteiger partial charge on any atom is 0.119 e. The molecule has 0 aromatic heterocycles. The number of halogens is 1. The molecule has 20 heavy (non-hydrogen) atoms. The summed E-state index contributed by atoms with van der Waals surface area (Å²) in [7, 11) is 1.67. The van der Waals surface area contributed by atoms with Gasteiger partial charge in [-0.1, -0.05) is 35.9 Å². The van der Waals surface area contributed by atoms with E-state index in [1.165, 1.54) is 5.56 Å². The van der Waals surface area contributed by atoms with Gasteiger partial charge in [-0.3, -0.25) is 0 Å². The summed E-state index contributed by atoms with van der Waals surface area (Å²) in [5, 5.41) is 0.770. The van der Waals surface area contributed by atoms with Crippen LogP contribution >= 0.6 is 23.4 Å². The first-order valence-corrected chi connectivity index (χ1v) is 7.94. The van der Waals surface area contributed by atoms with Gasteiger partial charge in [0.15, 0.2) is 0 Å². The van der Waals surface area contributed by atoms with Crippen LogP contribution < -0.4 is 10.5 Å². The summed E-state index contributed by atoms with van der Waals surface area (Å²) in [6.07, 6.45) is 0. The van der Waals surface area contributed by atoms with Crippen LogP contribution in [0.3, 0.4) is 0 Å². The maximum absolute atomic E-state index is 6.21. The van der Waals surface area contributed by atoms with Crippen molar-refractivity contribution in [1.29, 1.82) is 0 Å². The summed E-state index contributed by atoms with van der Waals surface area (Å²) < 4.78 is 5.22. The zero-order valence-electron chi connectivity index (χ0n) is 11.4. The van der Waals surface area contributed by atoms with Gasteiger partial charge in [0, 0.05) is 22.6 Å². The molecule has 2 N–H and O–H groups in total. The number of rotatable bonds is 6. The second-order valence-electron chi connectivity index (χ2n) is 4.52. The summed E-state index contributed by atoms with van der Waals surface area (Å²) in [6.45, 7) is 0. The van der Waals surface area contributed by atoms with E-state index in [1.807, 2.05) is 60.3 Å². The third-order valence-corrected chi connectivity index (χ3v) is 4.39. The summed E-state index contributed by atoms with van der Waals surface area (Å²) >= 11 is 7.69. The molecule has 4 heteroatoms. The Morgan fingerprint density at radius 1 is 1.20 bits per heavy atom. The predicted octanol–water partition coefficient (Wildman–Crippen LogP) is 4.28. The van der Waals surface area contributed by atoms with Gasteiger partial charge >= 0.3 is 0 Å². The molecule has 0 heterocycles. The van der Waals surface area contributed by atoms with Gasteiger partial charge in [-0.2, -0.15) is 11.8 Å². The molecular formula is C16H18ClNOS. The van der Waals surface area contributed by atoms with E-state index in [-0.39, 0.29) is 6.04 Å². The predicted molar refractivity (Wildman–Crippen MR) is 87.5 cm³/mol. The lowest BCUT2D eigenvalue weighted by Crippen LogP contribution is -2.13. The minimum absolute atomic E-state index is 0.0161. The minimum Gasteiger partial charge on any atom is -0.497 e. The van der Waals surface area contributed by atoms with Crippen molar-refractivity contribution >= 4 is 23.4 Å². The third-order valence-electron chi connectivity index (χ3n) is 3.00. The molecule has 0 saturated carbocycles. The van der Waals surface area contributed by atoms with Crippen molar-refractivity contribution in [2.45, 2.75) is 11.8 Å². The highest BCUT2D eigenvalue weighted by atomic mass is 35.5. The Bertz CT molecular complexity index is 544. The van der Waals surface area contributed by atoms with Gasteiger partial charge < -0.3 is 10.5 Å². The summed E-state index contributed by atoms with van der Waals surface area (Å²) in [6, 6.07) is 15.9. The van der Waals surface area contributed by atoms with Crippen molar-refractivity contribution in [1.82, 2.24) is 0 Å². The average molecular weight is 308 g/mol. The van der Waals surface area contributed by atoms with Crippen molar-refractivity contribution in [3.8, 4) is 5.75 Å². The Kier molecular flexibility index (Phi) is 5.77. The molecule has 0 amide bonds. The number of thioether (sulfide) groups is 1. The Hall–Kier alpha value is -1.16. The number of nitrogens with two attached hydrogens (primary N) is 1. The first-order chi connectivity index (χ1) is 9.69. The van der Waals surface area contributed by atoms with Crippen molar-refractivity contribution in [3.63, 3.8) is 0 Å². The largest absolute Gasteiger partial charge is 0.497 e. The molecule has 0 aliphatic heterocycles. The van der Waals surface area contributed by atoms with Crippen LogP contribution in [0.5, 0.6) is 5.75 Å². The molecule has 0 fully saturated rings. The quantitative estimate of drug-likeness (QED) is 0.865. The van der Waals surface area contributed by atoms with Crippen molar-refractivity contribution < 1.29 is 4.74 Å². The fourth-order valence-corrected chi connectivity index (χ4v) is 2.97. The normalized spacial score (nSPS) is 12.2. The molecular weight excluding hydrogens is 290 g/mol. The van der Waals surface area contributed by atoms with E-state index in [4.69, 9.17) is 22.1 Å². The Balaban J connectivity index is 1.85. The lowest BCUT2D eigenvalue weighted by Gasteiger charge is -2.13. The number of hydrogen-bond acceptors (Lipinski definition) is 3. The van der Waals surface area contributed by atoms with E-state index in [0.29, 0.717) is 0 Å². The lowest BCUT2D eigenvalue weighted by atomic mass is 10.1. The molecule has 0 bridgehead atoms. The Morgan fingerprint density at radius 2 is 1.95 bits per heavy atom. The van der Waals surface area contributed by atoms with E-state index < -0.39 is 0 Å². The van der Waals surface area contributed by atoms with Crippen LogP contribution in [0.15, 0.2) is 48.5 Å². The highest BCUT2D eigenvalue weighted by Gasteiger charge is 2.07. The third kappa shape index (κ3) is 4.44. The van der Waals surface area contributed by atoms with Crippen LogP contribution in [0.1, 0.15) is 17.2 Å². The molecule has 1 atom stereocenters. The standard InChI is InChI=1S/C16H18ClNOS/c1-19-15-4-2-3-13(9-15)16(18)11-20-10-12-5-7-14(17)8-6-12/h2-9,16H,10-11,18H2,1H3. The van der Waals surface area contributed by atoms with Crippen LogP contribution in [-0.4, -0.2) is 12.9 Å². The average Bonchev–Trinajstić information content (AvgIpc) is 2.49. The second kappa shape index (κ2) is 7.58. The van der Waals surface area contributed by atoms with Gasteiger partial charge in [-0.25, -0.2) is 0 Å². The zero-order valence-corrected chi connectivity index (χ0v) is 13.0. The number of benzene rings is 2. The number of ether oxygens (including phenoxy) is 1. The van der Waals surface area contributed by atoms with Crippen LogP contribution in [0.25, 0.3) is 0 Å². The SMILES string of the molecule is COc1cccc(C(N)CSCc2ccc(Cl)cc2)c1. The van der Waals surface area contributed by atoms with Gasteiger partial charge in [0.05, 0.1) is 7.11 Å². The van der Waals surface area contributed by atoms with Crippen LogP contribution in [0, 0.1) is 0 Å². The van der Waals surface area contributed by atoms with E-state index in [2.05, 4.69) is 0 Å². The first kappa shape index (κ1) is 15.2. The van der Waals surface area contributed by atoms with Crippen LogP contribution in [0.2, 0.25) is 5.02 Å². The fraction of sp³-hybridized carbons (Fsp3) is 0.250. The Morgan fingerprint density at radius 3 is 2.65 bits per heavy atom. The second-order valence-corrected chi connectivity index (χ2v) is 5.99. The molecule has 0 spiro atoms. The number of methoxy groups -OCH3 is 1. The summed E-state index contributed by atoms with van der Waals surface area (Å²) in [4.78, 5) is 0. The molecule has 1 unspecified atom stereocenters. The van der Waals surface area contributed by atoms with Gasteiger partial charge in [0.1, 0.15) is 5.75 Å². The number of hydrogen-bond donors (Lipinski definition) is 1. The van der Waals surface area contributed by atoms with Crippen molar-refractivity contribution in [2.75, 3.05) is 12.9 Å². The lowest BCUT2D eigenvalue weighted by molar-refractivity contribution is 0.414. The van der Waals surface area contributed by atoms with Crippen LogP contribution in [-0.2, 0) is 5.75 Å². The van der Waals surface area contributed by atoms with Crippen LogP contribution in [0.4, 0.5) is 0 Å². The van der Waals surface area contributed by atoms with E-state index in [1.54, 1.807) is 7.11 Å². The maximum atomic E-state index is 6.21. The zero-order chi connectivity index (χ0) is 14.4. The van der Waals surface area contributed by atoms with E-state index >= 15 is 0 Å². The van der Waals surface area contributed by atoms with Gasteiger partial charge in [0.25, 0.3) is 0 Å². The van der Waals surface area contributed by atoms with Gasteiger partial charge in [0.2, 0.25) is 0 Å². The molecule has 106 valence electrons. The molecule has 2 aromatic rings. The molecule has 0 aliphatic rings. The van der Waals surface area contributed by atoms with E-state index in [9.17, 15) is 0 Å². The van der Waals surface area contributed by atoms with Gasteiger partial charge in [-0.05, 0) is 35.4 Å². The molecule has 2 aromatic carbocycles. The van der Waals surface area contributed by atoms with Crippen molar-refractivity contribution in [2.24, 2.45) is 5.73 Å². The van der Waals surface area contributed by atoms with Crippen molar-refractivity contribution in [3.05, 3.63) is 64.7 Å². The topological polar surface area (TPSA) is 35.2 Å². The molecule has 0 aliphatic carbocycles. The minimum atomic E-state index is 0.0161. The smallest absolute Gasteiger partial charge is 0.119 e. The molecule has 2 rings (SSSR count). The summed E-state index contributed by atoms with van der Waals surface area (Å²) in [5.74, 6) is 2.66. The fourth-order valence-electron chi connectivity index (χ4n) is 1.85.